The Labute approximate surface area is 240 Å². The summed E-state index contributed by atoms with van der Waals surface area (Å²) in [6.45, 7) is 1.75. The van der Waals surface area contributed by atoms with E-state index in [9.17, 15) is 18.0 Å². The van der Waals surface area contributed by atoms with Crippen molar-refractivity contribution in [3.05, 3.63) is 113 Å². The van der Waals surface area contributed by atoms with Crippen molar-refractivity contribution in [2.24, 2.45) is 7.05 Å². The molecule has 0 radical (unpaired) electrons. The molecule has 6 aromatic rings. The molecule has 0 spiro atoms. The molecule has 0 saturated heterocycles. The summed E-state index contributed by atoms with van der Waals surface area (Å²) in [6, 6.07) is 28.6. The van der Waals surface area contributed by atoms with E-state index in [0.29, 0.717) is 22.4 Å². The van der Waals surface area contributed by atoms with Crippen molar-refractivity contribution >= 4 is 55.2 Å². The lowest BCUT2D eigenvalue weighted by atomic mass is 10.1. The van der Waals surface area contributed by atoms with Gasteiger partial charge in [-0.2, -0.15) is 0 Å². The zero-order valence-corrected chi connectivity index (χ0v) is 23.8. The first-order valence-electron chi connectivity index (χ1n) is 12.7. The number of para-hydroxylation sites is 3. The van der Waals surface area contributed by atoms with Crippen molar-refractivity contribution in [1.29, 1.82) is 0 Å². The minimum absolute atomic E-state index is 0.118. The second-order valence-corrected chi connectivity index (χ2v) is 12.2. The smallest absolute Gasteiger partial charge is 0.295 e. The Morgan fingerprint density at radius 3 is 2.37 bits per heavy atom. The summed E-state index contributed by atoms with van der Waals surface area (Å²) in [6.07, 6.45) is 0. The number of fused-ring (bicyclic) bond motifs is 2. The van der Waals surface area contributed by atoms with Crippen LogP contribution in [0.5, 0.6) is 0 Å². The maximum absolute atomic E-state index is 13.9. The average Bonchev–Trinajstić information content (AvgIpc) is 3.47. The van der Waals surface area contributed by atoms with E-state index in [-0.39, 0.29) is 27.1 Å². The van der Waals surface area contributed by atoms with Gasteiger partial charge >= 0.3 is 0 Å². The number of aromatic nitrogens is 4. The summed E-state index contributed by atoms with van der Waals surface area (Å²) in [7, 11) is -2.31. The molecule has 0 aliphatic heterocycles. The summed E-state index contributed by atoms with van der Waals surface area (Å²) in [4.78, 5) is 30.9. The highest BCUT2D eigenvalue weighted by Crippen LogP contribution is 2.30. The van der Waals surface area contributed by atoms with E-state index >= 15 is 0 Å². The van der Waals surface area contributed by atoms with Gasteiger partial charge in [-0.1, -0.05) is 72.4 Å². The number of anilines is 1. The van der Waals surface area contributed by atoms with Gasteiger partial charge in [0.2, 0.25) is 5.91 Å². The van der Waals surface area contributed by atoms with Gasteiger partial charge < -0.3 is 5.32 Å². The molecule has 1 amide bonds. The summed E-state index contributed by atoms with van der Waals surface area (Å²) < 4.78 is 32.2. The van der Waals surface area contributed by atoms with Gasteiger partial charge in [0.15, 0.2) is 5.16 Å². The maximum Gasteiger partial charge on any atom is 0.295 e. The minimum atomic E-state index is -4.05. The van der Waals surface area contributed by atoms with Crippen molar-refractivity contribution in [2.75, 3.05) is 11.1 Å². The van der Waals surface area contributed by atoms with E-state index in [1.54, 1.807) is 61.1 Å². The van der Waals surface area contributed by atoms with Crippen LogP contribution in [0.3, 0.4) is 0 Å². The van der Waals surface area contributed by atoms with E-state index in [1.807, 2.05) is 54.6 Å². The molecule has 11 heteroatoms. The summed E-state index contributed by atoms with van der Waals surface area (Å²) >= 11 is 0.989. The maximum atomic E-state index is 13.9. The number of nitrogens with one attached hydrogen (secondary N) is 1. The quantitative estimate of drug-likeness (QED) is 0.266. The highest BCUT2D eigenvalue weighted by atomic mass is 32.2. The van der Waals surface area contributed by atoms with E-state index in [4.69, 9.17) is 0 Å². The number of carbonyl (C=O) groups is 1. The number of thioether (sulfide) groups is 1. The normalized spacial score (nSPS) is 11.8. The van der Waals surface area contributed by atoms with Gasteiger partial charge in [-0.3, -0.25) is 14.3 Å². The number of rotatable bonds is 7. The molecule has 1 N–H and O–H groups in total. The van der Waals surface area contributed by atoms with Crippen LogP contribution in [0.2, 0.25) is 0 Å². The fourth-order valence-electron chi connectivity index (χ4n) is 4.76. The van der Waals surface area contributed by atoms with Gasteiger partial charge in [-0.25, -0.2) is 22.1 Å². The van der Waals surface area contributed by atoms with Crippen LogP contribution in [0, 0.1) is 6.92 Å². The van der Waals surface area contributed by atoms with E-state index in [0.717, 1.165) is 22.5 Å². The van der Waals surface area contributed by atoms with Gasteiger partial charge in [0.25, 0.3) is 15.6 Å². The van der Waals surface area contributed by atoms with Gasteiger partial charge in [-0.05, 0) is 54.1 Å². The predicted octanol–water partition coefficient (Wildman–Crippen LogP) is 4.96. The van der Waals surface area contributed by atoms with Crippen molar-refractivity contribution in [1.82, 2.24) is 18.3 Å². The van der Waals surface area contributed by atoms with Crippen LogP contribution in [0.4, 0.5) is 5.69 Å². The van der Waals surface area contributed by atoms with Crippen LogP contribution < -0.4 is 10.9 Å². The Balaban J connectivity index is 1.31. The van der Waals surface area contributed by atoms with Crippen molar-refractivity contribution in [3.63, 3.8) is 0 Å². The van der Waals surface area contributed by atoms with Crippen LogP contribution in [-0.2, 0) is 21.9 Å². The van der Waals surface area contributed by atoms with E-state index < -0.39 is 15.9 Å². The van der Waals surface area contributed by atoms with E-state index in [1.165, 1.54) is 8.65 Å². The molecule has 0 atom stereocenters. The number of hydrogen-bond acceptors (Lipinski definition) is 6. The summed E-state index contributed by atoms with van der Waals surface area (Å²) in [5, 5.41) is 4.60. The third-order valence-corrected chi connectivity index (χ3v) is 9.65. The highest BCUT2D eigenvalue weighted by Gasteiger charge is 2.26. The Morgan fingerprint density at radius 1 is 0.902 bits per heavy atom. The van der Waals surface area contributed by atoms with Gasteiger partial charge in [0, 0.05) is 7.05 Å². The summed E-state index contributed by atoms with van der Waals surface area (Å²) in [5.74, 6) is -0.613. The molecule has 6 rings (SSSR count). The topological polar surface area (TPSA) is 108 Å². The molecule has 0 aliphatic carbocycles. The Kier molecular flexibility index (Phi) is 6.76. The lowest BCUT2D eigenvalue weighted by Crippen LogP contribution is -2.23. The van der Waals surface area contributed by atoms with E-state index in [2.05, 4.69) is 10.3 Å². The van der Waals surface area contributed by atoms with Crippen molar-refractivity contribution in [2.45, 2.75) is 17.0 Å². The molecule has 0 saturated carbocycles. The molecule has 0 bridgehead atoms. The van der Waals surface area contributed by atoms with Crippen LogP contribution in [0.15, 0.2) is 112 Å². The second kappa shape index (κ2) is 10.4. The zero-order valence-electron chi connectivity index (χ0n) is 22.2. The molecule has 0 fully saturated rings. The largest absolute Gasteiger partial charge is 0.319 e. The Hall–Kier alpha value is -4.61. The fourth-order valence-corrected chi connectivity index (χ4v) is 7.31. The first kappa shape index (κ1) is 26.6. The zero-order chi connectivity index (χ0) is 28.7. The average molecular weight is 584 g/mol. The van der Waals surface area contributed by atoms with Crippen LogP contribution >= 0.6 is 11.8 Å². The predicted molar refractivity (Wildman–Crippen MR) is 161 cm³/mol. The first-order chi connectivity index (χ1) is 19.8. The fraction of sp³-hybridized carbons (Fsp3) is 0.100. The number of benzene rings is 4. The molecule has 2 aromatic heterocycles. The SMILES string of the molecule is Cc1c(NC(=O)CSc2nc3ccccc3n2S(=O)(=O)c2ccc3ccccc3c2)c(=O)n(-c2ccccc2)n1C. The third kappa shape index (κ3) is 4.72. The molecule has 4 aromatic carbocycles. The number of nitrogens with zero attached hydrogens (tertiary/aromatic N) is 4. The number of imidazole rings is 1. The van der Waals surface area contributed by atoms with Gasteiger partial charge in [0.1, 0.15) is 5.69 Å². The second-order valence-electron chi connectivity index (χ2n) is 9.43. The molecule has 206 valence electrons. The van der Waals surface area contributed by atoms with Gasteiger partial charge in [-0.15, -0.1) is 0 Å². The third-order valence-electron chi connectivity index (χ3n) is 6.90. The summed E-state index contributed by atoms with van der Waals surface area (Å²) in [5.41, 5.74) is 1.96. The number of carbonyl (C=O) groups excluding carboxylic acids is 1. The highest BCUT2D eigenvalue weighted by molar-refractivity contribution is 8.00. The number of hydrogen-bond donors (Lipinski definition) is 1. The Bertz CT molecular complexity index is 2110. The molecule has 2 heterocycles. The standard InChI is InChI=1S/C30H25N5O4S2/c1-20-28(29(37)34(33(20)2)23-12-4-3-5-13-23)32-27(36)19-40-30-31-25-14-8-9-15-26(25)35(30)41(38,39)24-17-16-21-10-6-7-11-22(21)18-24/h3-18H,19H2,1-2H3,(H,32,36). The first-order valence-corrected chi connectivity index (χ1v) is 15.2. The lowest BCUT2D eigenvalue weighted by Gasteiger charge is -2.11. The monoisotopic (exact) mass is 583 g/mol. The molecule has 9 nitrogen and oxygen atoms in total. The molecular formula is C30H25N5O4S2. The van der Waals surface area contributed by atoms with Crippen LogP contribution in [0.1, 0.15) is 5.69 Å². The molecular weight excluding hydrogens is 558 g/mol. The molecule has 0 aliphatic rings. The van der Waals surface area contributed by atoms with Gasteiger partial charge in [0.05, 0.1) is 33.1 Å². The number of amides is 1. The molecule has 0 unspecified atom stereocenters. The Morgan fingerprint density at radius 2 is 1.59 bits per heavy atom. The minimum Gasteiger partial charge on any atom is -0.319 e. The van der Waals surface area contributed by atoms with Crippen LogP contribution in [0.25, 0.3) is 27.5 Å². The van der Waals surface area contributed by atoms with Crippen LogP contribution in [-0.4, -0.2) is 38.4 Å². The molecule has 41 heavy (non-hydrogen) atoms. The van der Waals surface area contributed by atoms with Crippen molar-refractivity contribution in [3.8, 4) is 5.69 Å². The van der Waals surface area contributed by atoms with Crippen molar-refractivity contribution < 1.29 is 13.2 Å². The lowest BCUT2D eigenvalue weighted by molar-refractivity contribution is -0.113.